The van der Waals surface area contributed by atoms with E-state index in [1.165, 1.54) is 0 Å². The molecule has 0 aliphatic heterocycles. The van der Waals surface area contributed by atoms with Gasteiger partial charge in [-0.1, -0.05) is 51.6 Å². The van der Waals surface area contributed by atoms with Gasteiger partial charge in [-0.25, -0.2) is 0 Å². The zero-order valence-corrected chi connectivity index (χ0v) is 14.8. The molecule has 0 atom stereocenters. The van der Waals surface area contributed by atoms with E-state index in [9.17, 15) is 26.3 Å². The molecule has 8 heteroatoms. The summed E-state index contributed by atoms with van der Waals surface area (Å²) < 4.78 is 86.8. The van der Waals surface area contributed by atoms with Gasteiger partial charge in [-0.05, 0) is 24.3 Å². The number of alkyl halides is 6. The first-order valence-corrected chi connectivity index (χ1v) is 7.34. The van der Waals surface area contributed by atoms with Crippen LogP contribution in [0.15, 0.2) is 110 Å². The second-order valence-electron chi connectivity index (χ2n) is 4.94. The summed E-state index contributed by atoms with van der Waals surface area (Å²) in [6.45, 7) is 19.4. The van der Waals surface area contributed by atoms with Gasteiger partial charge in [0, 0.05) is 0 Å². The van der Waals surface area contributed by atoms with E-state index in [-0.39, 0.29) is 11.5 Å². The topological polar surface area (TPSA) is 18.5 Å². The van der Waals surface area contributed by atoms with Gasteiger partial charge >= 0.3 is 12.4 Å². The van der Waals surface area contributed by atoms with E-state index in [0.717, 1.165) is 24.3 Å². The van der Waals surface area contributed by atoms with Gasteiger partial charge in [-0.3, -0.25) is 0 Å². The van der Waals surface area contributed by atoms with Crippen LogP contribution in [0.1, 0.15) is 0 Å². The quantitative estimate of drug-likeness (QED) is 0.222. The molecule has 0 rings (SSSR count). The van der Waals surface area contributed by atoms with Crippen LogP contribution in [-0.2, 0) is 9.47 Å². The lowest BCUT2D eigenvalue weighted by molar-refractivity contribution is -0.0937. The first-order valence-electron chi connectivity index (χ1n) is 7.34. The van der Waals surface area contributed by atoms with E-state index < -0.39 is 35.0 Å². The van der Waals surface area contributed by atoms with Gasteiger partial charge in [0.2, 0.25) is 0 Å². The molecule has 0 N–H and O–H groups in total. The van der Waals surface area contributed by atoms with Crippen molar-refractivity contribution in [1.29, 1.82) is 0 Å². The highest BCUT2D eigenvalue weighted by molar-refractivity contribution is 5.35. The van der Waals surface area contributed by atoms with Crippen LogP contribution in [0, 0.1) is 0 Å². The number of hydrogen-bond donors (Lipinski definition) is 0. The zero-order valence-electron chi connectivity index (χ0n) is 14.8. The Morgan fingerprint density at radius 1 is 0.607 bits per heavy atom. The van der Waals surface area contributed by atoms with Gasteiger partial charge in [-0.2, -0.15) is 26.3 Å². The summed E-state index contributed by atoms with van der Waals surface area (Å²) in [7, 11) is 0. The molecule has 0 saturated heterocycles. The van der Waals surface area contributed by atoms with Gasteiger partial charge in [-0.15, -0.1) is 0 Å². The third-order valence-corrected chi connectivity index (χ3v) is 2.74. The molecule has 0 aliphatic rings. The SMILES string of the molecule is C=C/C=C(\C(=C)OC(=C)/C=C\C(=C)OC(=C)/C(=C\C=C)C(F)(F)F)C(F)(F)F. The maximum absolute atomic E-state index is 12.8. The molecule has 0 aliphatic carbocycles. The van der Waals surface area contributed by atoms with Crippen molar-refractivity contribution in [2.75, 3.05) is 0 Å². The summed E-state index contributed by atoms with van der Waals surface area (Å²) >= 11 is 0. The van der Waals surface area contributed by atoms with Crippen molar-refractivity contribution >= 4 is 0 Å². The summed E-state index contributed by atoms with van der Waals surface area (Å²) in [6.07, 6.45) is -4.25. The van der Waals surface area contributed by atoms with Crippen LogP contribution >= 0.6 is 0 Å². The van der Waals surface area contributed by atoms with Crippen molar-refractivity contribution in [3.8, 4) is 0 Å². The number of rotatable bonds is 10. The minimum absolute atomic E-state index is 0.294. The number of halogens is 6. The van der Waals surface area contributed by atoms with Crippen molar-refractivity contribution in [3.63, 3.8) is 0 Å². The van der Waals surface area contributed by atoms with Gasteiger partial charge in [0.1, 0.15) is 23.0 Å². The van der Waals surface area contributed by atoms with Crippen molar-refractivity contribution in [3.05, 3.63) is 110 Å². The molecule has 0 aromatic heterocycles. The second kappa shape index (κ2) is 10.2. The molecule has 0 bridgehead atoms. The van der Waals surface area contributed by atoms with E-state index in [1.807, 2.05) is 0 Å². The Hall–Kier alpha value is -3.16. The van der Waals surface area contributed by atoms with Crippen LogP contribution in [0.2, 0.25) is 0 Å². The van der Waals surface area contributed by atoms with Crippen molar-refractivity contribution in [2.24, 2.45) is 0 Å². The molecular weight excluding hydrogens is 386 g/mol. The molecule has 0 aromatic rings. The predicted octanol–water partition coefficient (Wildman–Crippen LogP) is 6.98. The van der Waals surface area contributed by atoms with E-state index in [2.05, 4.69) is 39.5 Å². The van der Waals surface area contributed by atoms with E-state index >= 15 is 0 Å². The Labute approximate surface area is 159 Å². The van der Waals surface area contributed by atoms with Gasteiger partial charge in [0.25, 0.3) is 0 Å². The molecule has 2 nitrogen and oxygen atoms in total. The Balaban J connectivity index is 5.06. The second-order valence-corrected chi connectivity index (χ2v) is 4.94. The van der Waals surface area contributed by atoms with Crippen LogP contribution in [0.5, 0.6) is 0 Å². The lowest BCUT2D eigenvalue weighted by Crippen LogP contribution is -2.15. The fourth-order valence-electron chi connectivity index (χ4n) is 1.61. The molecule has 0 radical (unpaired) electrons. The lowest BCUT2D eigenvalue weighted by Gasteiger charge is -2.16. The highest BCUT2D eigenvalue weighted by Gasteiger charge is 2.37. The standard InChI is InChI=1S/C20H18F6O2/c1-7-9-17(19(21,22)23)15(5)27-13(3)11-12-14(4)28-16(6)18(10-8-2)20(24,25)26/h7-12H,1-6H2/b12-11-,17-9+,18-10+. The number of allylic oxidation sites excluding steroid dienone is 8. The van der Waals surface area contributed by atoms with Gasteiger partial charge in [0.05, 0.1) is 11.1 Å². The van der Waals surface area contributed by atoms with Crippen LogP contribution < -0.4 is 0 Å². The normalized spacial score (nSPS) is 13.1. The summed E-state index contributed by atoms with van der Waals surface area (Å²) in [5, 5.41) is 0. The van der Waals surface area contributed by atoms with Crippen LogP contribution in [0.25, 0.3) is 0 Å². The molecular formula is C20H18F6O2. The average Bonchev–Trinajstić information content (AvgIpc) is 2.53. The minimum Gasteiger partial charge on any atom is -0.458 e. The predicted molar refractivity (Wildman–Crippen MR) is 96.5 cm³/mol. The highest BCUT2D eigenvalue weighted by atomic mass is 19.4. The van der Waals surface area contributed by atoms with E-state index in [4.69, 9.17) is 9.47 Å². The van der Waals surface area contributed by atoms with Crippen LogP contribution in [-0.4, -0.2) is 12.4 Å². The smallest absolute Gasteiger partial charge is 0.419 e. The Morgan fingerprint density at radius 3 is 1.11 bits per heavy atom. The van der Waals surface area contributed by atoms with E-state index in [0.29, 0.717) is 12.2 Å². The first kappa shape index (κ1) is 24.8. The molecule has 0 amide bonds. The molecule has 0 heterocycles. The van der Waals surface area contributed by atoms with Crippen LogP contribution in [0.3, 0.4) is 0 Å². The zero-order chi connectivity index (χ0) is 22.1. The number of ether oxygens (including phenoxy) is 2. The van der Waals surface area contributed by atoms with Gasteiger partial charge in [0.15, 0.2) is 0 Å². The monoisotopic (exact) mass is 404 g/mol. The third-order valence-electron chi connectivity index (χ3n) is 2.74. The average molecular weight is 404 g/mol. The fourth-order valence-corrected chi connectivity index (χ4v) is 1.61. The summed E-state index contributed by atoms with van der Waals surface area (Å²) in [5.74, 6) is -2.08. The Morgan fingerprint density at radius 2 is 0.893 bits per heavy atom. The fraction of sp³-hybridized carbons (Fsp3) is 0.100. The largest absolute Gasteiger partial charge is 0.458 e. The molecule has 0 unspecified atom stereocenters. The summed E-state index contributed by atoms with van der Waals surface area (Å²) in [6, 6.07) is 0. The molecule has 0 spiro atoms. The molecule has 0 saturated carbocycles. The van der Waals surface area contributed by atoms with Crippen molar-refractivity contribution in [2.45, 2.75) is 12.4 Å². The highest BCUT2D eigenvalue weighted by Crippen LogP contribution is 2.33. The molecule has 0 fully saturated rings. The van der Waals surface area contributed by atoms with Gasteiger partial charge < -0.3 is 9.47 Å². The lowest BCUT2D eigenvalue weighted by atomic mass is 10.2. The molecule has 28 heavy (non-hydrogen) atoms. The maximum atomic E-state index is 12.8. The maximum Gasteiger partial charge on any atom is 0.419 e. The first-order chi connectivity index (χ1) is 12.7. The van der Waals surface area contributed by atoms with Crippen LogP contribution in [0.4, 0.5) is 26.3 Å². The Kier molecular flexibility index (Phi) is 9.09. The van der Waals surface area contributed by atoms with E-state index in [1.54, 1.807) is 0 Å². The molecule has 0 aromatic carbocycles. The van der Waals surface area contributed by atoms with Crippen molar-refractivity contribution in [1.82, 2.24) is 0 Å². The molecule has 152 valence electrons. The third kappa shape index (κ3) is 8.48. The summed E-state index contributed by atoms with van der Waals surface area (Å²) in [4.78, 5) is 0. The van der Waals surface area contributed by atoms with Crippen molar-refractivity contribution < 1.29 is 35.8 Å². The minimum atomic E-state index is -4.73. The summed E-state index contributed by atoms with van der Waals surface area (Å²) in [5.41, 5.74) is -2.35. The number of hydrogen-bond acceptors (Lipinski definition) is 2. The Bertz CT molecular complexity index is 695.